The zero-order chi connectivity index (χ0) is 12.7. The van der Waals surface area contributed by atoms with Crippen molar-refractivity contribution in [3.63, 3.8) is 0 Å². The molecule has 0 aliphatic carbocycles. The number of nitrogens with one attached hydrogen (secondary N) is 2. The summed E-state index contributed by atoms with van der Waals surface area (Å²) in [7, 11) is 0. The maximum atomic E-state index is 11.4. The number of rotatable bonds is 5. The molecule has 5 heteroatoms. The molecule has 1 aromatic heterocycles. The number of aromatic nitrogens is 2. The number of nitrogens with zero attached hydrogens (tertiary/aromatic N) is 2. The third-order valence-electron chi connectivity index (χ3n) is 2.05. The van der Waals surface area contributed by atoms with E-state index in [0.29, 0.717) is 24.5 Å². The maximum absolute atomic E-state index is 11.4. The summed E-state index contributed by atoms with van der Waals surface area (Å²) in [6.07, 6.45) is 5.81. The summed E-state index contributed by atoms with van der Waals surface area (Å²) in [5, 5.41) is 13.5. The molecule has 2 N–H and O–H groups in total. The van der Waals surface area contributed by atoms with E-state index in [2.05, 4.69) is 26.8 Å². The lowest BCUT2D eigenvalue weighted by molar-refractivity contribution is 0.0950. The molecule has 0 saturated heterocycles. The molecule has 1 atom stereocenters. The Kier molecular flexibility index (Phi) is 4.95. The van der Waals surface area contributed by atoms with E-state index < -0.39 is 0 Å². The maximum Gasteiger partial charge on any atom is 0.271 e. The van der Waals surface area contributed by atoms with Crippen molar-refractivity contribution in [2.24, 2.45) is 0 Å². The highest BCUT2D eigenvalue weighted by molar-refractivity contribution is 5.92. The summed E-state index contributed by atoms with van der Waals surface area (Å²) < 4.78 is 0. The molecule has 0 fully saturated rings. The normalized spacial score (nSPS) is 11.4. The van der Waals surface area contributed by atoms with Gasteiger partial charge in [-0.3, -0.25) is 4.79 Å². The molecule has 0 spiro atoms. The Morgan fingerprint density at radius 3 is 2.82 bits per heavy atom. The Hall–Kier alpha value is -2.09. The number of carbonyl (C=O) groups is 1. The number of anilines is 1. The smallest absolute Gasteiger partial charge is 0.271 e. The van der Waals surface area contributed by atoms with E-state index in [1.807, 2.05) is 13.8 Å². The molecule has 0 aliphatic rings. The molecular weight excluding hydrogens is 216 g/mol. The molecule has 1 aromatic rings. The number of amides is 1. The molecule has 0 aromatic carbocycles. The first-order chi connectivity index (χ1) is 8.17. The third kappa shape index (κ3) is 4.11. The standard InChI is InChI=1S/C12H16N4O/c1-4-6-9(3)14-11-8-7-10(15-16-11)12(17)13-5-2/h1,7-9H,5-6H2,2-3H3,(H,13,17)(H,14,16). The van der Waals surface area contributed by atoms with Crippen LogP contribution in [0.5, 0.6) is 0 Å². The minimum atomic E-state index is -0.219. The Bertz CT molecular complexity index is 408. The van der Waals surface area contributed by atoms with E-state index in [0.717, 1.165) is 0 Å². The van der Waals surface area contributed by atoms with Crippen molar-refractivity contribution in [3.8, 4) is 12.3 Å². The van der Waals surface area contributed by atoms with E-state index >= 15 is 0 Å². The highest BCUT2D eigenvalue weighted by Gasteiger charge is 2.07. The number of terminal acetylenes is 1. The quantitative estimate of drug-likeness (QED) is 0.745. The molecule has 5 nitrogen and oxygen atoms in total. The van der Waals surface area contributed by atoms with Crippen LogP contribution in [-0.2, 0) is 0 Å². The fraction of sp³-hybridized carbons (Fsp3) is 0.417. The molecule has 0 radical (unpaired) electrons. The van der Waals surface area contributed by atoms with Crippen molar-refractivity contribution in [2.45, 2.75) is 26.3 Å². The predicted octanol–water partition coefficient (Wildman–Crippen LogP) is 1.05. The summed E-state index contributed by atoms with van der Waals surface area (Å²) >= 11 is 0. The first-order valence-corrected chi connectivity index (χ1v) is 5.49. The first kappa shape index (κ1) is 13.0. The van der Waals surface area contributed by atoms with Crippen molar-refractivity contribution >= 4 is 11.7 Å². The minimum Gasteiger partial charge on any atom is -0.365 e. The van der Waals surface area contributed by atoms with Gasteiger partial charge in [-0.1, -0.05) is 0 Å². The van der Waals surface area contributed by atoms with Gasteiger partial charge in [0.1, 0.15) is 5.82 Å². The number of hydrogen-bond donors (Lipinski definition) is 2. The summed E-state index contributed by atoms with van der Waals surface area (Å²) in [5.41, 5.74) is 0.307. The monoisotopic (exact) mass is 232 g/mol. The molecule has 90 valence electrons. The van der Waals surface area contributed by atoms with Crippen molar-refractivity contribution in [1.82, 2.24) is 15.5 Å². The zero-order valence-corrected chi connectivity index (χ0v) is 10.0. The lowest BCUT2D eigenvalue weighted by Gasteiger charge is -2.10. The van der Waals surface area contributed by atoms with E-state index in [-0.39, 0.29) is 11.9 Å². The van der Waals surface area contributed by atoms with Crippen LogP contribution >= 0.6 is 0 Å². The largest absolute Gasteiger partial charge is 0.365 e. The Balaban J connectivity index is 2.62. The van der Waals surface area contributed by atoms with Crippen LogP contribution < -0.4 is 10.6 Å². The van der Waals surface area contributed by atoms with Gasteiger partial charge >= 0.3 is 0 Å². The van der Waals surface area contributed by atoms with Gasteiger partial charge < -0.3 is 10.6 Å². The topological polar surface area (TPSA) is 66.9 Å². The lowest BCUT2D eigenvalue weighted by Crippen LogP contribution is -2.24. The van der Waals surface area contributed by atoms with Crippen LogP contribution in [0.1, 0.15) is 30.8 Å². The van der Waals surface area contributed by atoms with Gasteiger partial charge in [-0.15, -0.1) is 22.5 Å². The van der Waals surface area contributed by atoms with E-state index in [1.165, 1.54) is 0 Å². The number of hydrogen-bond acceptors (Lipinski definition) is 4. The fourth-order valence-electron chi connectivity index (χ4n) is 1.26. The summed E-state index contributed by atoms with van der Waals surface area (Å²) in [6, 6.07) is 3.47. The molecule has 1 unspecified atom stereocenters. The molecule has 1 rings (SSSR count). The highest BCUT2D eigenvalue weighted by Crippen LogP contribution is 2.05. The highest BCUT2D eigenvalue weighted by atomic mass is 16.1. The number of carbonyl (C=O) groups excluding carboxylic acids is 1. The predicted molar refractivity (Wildman–Crippen MR) is 66.6 cm³/mol. The van der Waals surface area contributed by atoms with Gasteiger partial charge in [0.25, 0.3) is 5.91 Å². The molecule has 0 bridgehead atoms. The van der Waals surface area contributed by atoms with Crippen LogP contribution in [0.4, 0.5) is 5.82 Å². The average Bonchev–Trinajstić information content (AvgIpc) is 2.30. The molecule has 0 aliphatic heterocycles. The summed E-state index contributed by atoms with van der Waals surface area (Å²) in [4.78, 5) is 11.4. The second kappa shape index (κ2) is 6.48. The fourth-order valence-corrected chi connectivity index (χ4v) is 1.26. The SMILES string of the molecule is C#CCC(C)Nc1ccc(C(=O)NCC)nn1. The van der Waals surface area contributed by atoms with Gasteiger partial charge in [-0.2, -0.15) is 0 Å². The first-order valence-electron chi connectivity index (χ1n) is 5.49. The molecule has 17 heavy (non-hydrogen) atoms. The van der Waals surface area contributed by atoms with Crippen LogP contribution in [0.25, 0.3) is 0 Å². The Labute approximate surface area is 101 Å². The molecular formula is C12H16N4O. The van der Waals surface area contributed by atoms with Gasteiger partial charge in [0.2, 0.25) is 0 Å². The molecule has 1 amide bonds. The van der Waals surface area contributed by atoms with Crippen molar-refractivity contribution < 1.29 is 4.79 Å². The van der Waals surface area contributed by atoms with E-state index in [1.54, 1.807) is 12.1 Å². The van der Waals surface area contributed by atoms with Crippen LogP contribution in [0.3, 0.4) is 0 Å². The van der Waals surface area contributed by atoms with Crippen molar-refractivity contribution in [3.05, 3.63) is 17.8 Å². The molecule has 0 saturated carbocycles. The third-order valence-corrected chi connectivity index (χ3v) is 2.05. The van der Waals surface area contributed by atoms with Gasteiger partial charge in [-0.05, 0) is 26.0 Å². The Morgan fingerprint density at radius 1 is 1.53 bits per heavy atom. The average molecular weight is 232 g/mol. The second-order valence-electron chi connectivity index (χ2n) is 3.62. The minimum absolute atomic E-state index is 0.129. The van der Waals surface area contributed by atoms with E-state index in [9.17, 15) is 4.79 Å². The summed E-state index contributed by atoms with van der Waals surface area (Å²) in [5.74, 6) is 2.95. The van der Waals surface area contributed by atoms with Gasteiger partial charge in [0.05, 0.1) is 0 Å². The van der Waals surface area contributed by atoms with E-state index in [4.69, 9.17) is 6.42 Å². The van der Waals surface area contributed by atoms with Crippen LogP contribution in [-0.4, -0.2) is 28.7 Å². The second-order valence-corrected chi connectivity index (χ2v) is 3.62. The summed E-state index contributed by atoms with van der Waals surface area (Å²) in [6.45, 7) is 4.38. The van der Waals surface area contributed by atoms with Crippen LogP contribution in [0, 0.1) is 12.3 Å². The van der Waals surface area contributed by atoms with Gasteiger partial charge in [0, 0.05) is 19.0 Å². The van der Waals surface area contributed by atoms with Crippen LogP contribution in [0.15, 0.2) is 12.1 Å². The molecule has 1 heterocycles. The Morgan fingerprint density at radius 2 is 2.29 bits per heavy atom. The lowest BCUT2D eigenvalue weighted by atomic mass is 10.2. The van der Waals surface area contributed by atoms with Crippen molar-refractivity contribution in [2.75, 3.05) is 11.9 Å². The zero-order valence-electron chi connectivity index (χ0n) is 10.0. The van der Waals surface area contributed by atoms with Crippen molar-refractivity contribution in [1.29, 1.82) is 0 Å². The van der Waals surface area contributed by atoms with Gasteiger partial charge in [-0.25, -0.2) is 0 Å². The van der Waals surface area contributed by atoms with Crippen LogP contribution in [0.2, 0.25) is 0 Å². The van der Waals surface area contributed by atoms with Gasteiger partial charge in [0.15, 0.2) is 5.69 Å².